The van der Waals surface area contributed by atoms with Crippen LogP contribution in [0.2, 0.25) is 0 Å². The first-order valence-electron chi connectivity index (χ1n) is 7.50. The molecule has 0 aliphatic carbocycles. The number of alkyl halides is 3. The Balaban J connectivity index is 0.000000242. The summed E-state index contributed by atoms with van der Waals surface area (Å²) >= 11 is 0. The average Bonchev–Trinajstić information content (AvgIpc) is 3.20. The Hall–Kier alpha value is -3.17. The van der Waals surface area contributed by atoms with E-state index in [2.05, 4.69) is 15.0 Å². The molecule has 1 N–H and O–H groups in total. The highest BCUT2D eigenvalue weighted by Crippen LogP contribution is 2.32. The quantitative estimate of drug-likeness (QED) is 0.838. The van der Waals surface area contributed by atoms with Gasteiger partial charge in [0.1, 0.15) is 6.34 Å². The molecule has 136 valence electrons. The van der Waals surface area contributed by atoms with Crippen LogP contribution >= 0.6 is 0 Å². The molecule has 2 aromatic rings. The van der Waals surface area contributed by atoms with Gasteiger partial charge in [-0.25, -0.2) is 14.8 Å². The Morgan fingerprint density at radius 2 is 2.00 bits per heavy atom. The fourth-order valence-corrected chi connectivity index (χ4v) is 2.38. The number of fused-ring (bicyclic) bond motifs is 3. The van der Waals surface area contributed by atoms with Crippen LogP contribution in [0.15, 0.2) is 38.7 Å². The van der Waals surface area contributed by atoms with E-state index in [4.69, 9.17) is 14.3 Å². The Morgan fingerprint density at radius 1 is 1.31 bits per heavy atom. The molecule has 0 saturated carbocycles. The second-order valence-electron chi connectivity index (χ2n) is 5.43. The molecule has 0 saturated heterocycles. The van der Waals surface area contributed by atoms with Crippen molar-refractivity contribution in [3.05, 3.63) is 35.5 Å². The van der Waals surface area contributed by atoms with Crippen LogP contribution in [0, 0.1) is 6.92 Å². The lowest BCUT2D eigenvalue weighted by Crippen LogP contribution is -2.29. The van der Waals surface area contributed by atoms with Crippen LogP contribution in [0.25, 0.3) is 11.5 Å². The molecule has 0 fully saturated rings. The number of benzene rings is 1. The van der Waals surface area contributed by atoms with E-state index in [0.717, 1.165) is 35.7 Å². The van der Waals surface area contributed by atoms with Gasteiger partial charge in [-0.1, -0.05) is 18.2 Å². The molecule has 0 amide bonds. The van der Waals surface area contributed by atoms with Gasteiger partial charge in [-0.3, -0.25) is 4.99 Å². The predicted molar refractivity (Wildman–Crippen MR) is 86.6 cm³/mol. The molecule has 2 aliphatic rings. The summed E-state index contributed by atoms with van der Waals surface area (Å²) < 4.78 is 37.5. The van der Waals surface area contributed by atoms with Crippen molar-refractivity contribution >= 4 is 24.0 Å². The minimum atomic E-state index is -5.08. The number of carboxylic acids is 1. The molecular weight excluding hydrogens is 353 g/mol. The van der Waals surface area contributed by atoms with Crippen LogP contribution in [-0.4, -0.2) is 52.4 Å². The molecule has 0 radical (unpaired) electrons. The normalized spacial score (nSPS) is 14.9. The van der Waals surface area contributed by atoms with E-state index in [1.54, 1.807) is 6.34 Å². The number of hydrogen-bond acceptors (Lipinski definition) is 6. The number of halogens is 3. The van der Waals surface area contributed by atoms with E-state index in [-0.39, 0.29) is 0 Å². The number of nitrogens with zero attached hydrogens (tertiary/aromatic N) is 4. The SMILES string of the molecule is Cc1ccccc1-c1nc2c(o1)N=CN1CCN=C21.O=C(O)C(F)(F)F. The monoisotopic (exact) mass is 366 g/mol. The van der Waals surface area contributed by atoms with Gasteiger partial charge in [0, 0.05) is 12.1 Å². The number of amidine groups is 1. The van der Waals surface area contributed by atoms with Crippen LogP contribution in [-0.2, 0) is 4.79 Å². The highest BCUT2D eigenvalue weighted by atomic mass is 19.4. The fourth-order valence-electron chi connectivity index (χ4n) is 2.38. The summed E-state index contributed by atoms with van der Waals surface area (Å²) in [5, 5.41) is 7.12. The maximum atomic E-state index is 10.6. The lowest BCUT2D eigenvalue weighted by atomic mass is 10.1. The molecule has 1 aromatic heterocycles. The second-order valence-corrected chi connectivity index (χ2v) is 5.43. The summed E-state index contributed by atoms with van der Waals surface area (Å²) in [4.78, 5) is 24.2. The minimum absolute atomic E-state index is 0.551. The fraction of sp³-hybridized carbons (Fsp3) is 0.250. The highest BCUT2D eigenvalue weighted by Gasteiger charge is 2.38. The summed E-state index contributed by atoms with van der Waals surface area (Å²) in [6.07, 6.45) is -3.32. The number of rotatable bonds is 1. The third kappa shape index (κ3) is 3.44. The van der Waals surface area contributed by atoms with Gasteiger partial charge in [0.25, 0.3) is 5.88 Å². The number of aliphatic imine (C=N–C) groups is 2. The van der Waals surface area contributed by atoms with Gasteiger partial charge >= 0.3 is 12.1 Å². The maximum Gasteiger partial charge on any atom is 0.490 e. The van der Waals surface area contributed by atoms with Crippen molar-refractivity contribution in [3.63, 3.8) is 0 Å². The summed E-state index contributed by atoms with van der Waals surface area (Å²) in [5.41, 5.74) is 2.88. The molecule has 7 nitrogen and oxygen atoms in total. The Morgan fingerprint density at radius 3 is 2.65 bits per heavy atom. The van der Waals surface area contributed by atoms with E-state index in [1.165, 1.54) is 0 Å². The van der Waals surface area contributed by atoms with Crippen LogP contribution in [0.5, 0.6) is 0 Å². The molecule has 0 unspecified atom stereocenters. The first-order valence-corrected chi connectivity index (χ1v) is 7.50. The molecule has 0 bridgehead atoms. The number of carbonyl (C=O) groups is 1. The van der Waals surface area contributed by atoms with Crippen molar-refractivity contribution in [3.8, 4) is 11.5 Å². The highest BCUT2D eigenvalue weighted by molar-refractivity contribution is 6.09. The topological polar surface area (TPSA) is 91.3 Å². The van der Waals surface area contributed by atoms with E-state index in [1.807, 2.05) is 36.1 Å². The zero-order chi connectivity index (χ0) is 18.9. The molecule has 26 heavy (non-hydrogen) atoms. The van der Waals surface area contributed by atoms with E-state index in [0.29, 0.717) is 11.8 Å². The number of aryl methyl sites for hydroxylation is 1. The largest absolute Gasteiger partial charge is 0.490 e. The van der Waals surface area contributed by atoms with Crippen molar-refractivity contribution in [2.75, 3.05) is 13.1 Å². The third-order valence-electron chi connectivity index (χ3n) is 3.63. The van der Waals surface area contributed by atoms with E-state index < -0.39 is 12.1 Å². The van der Waals surface area contributed by atoms with Crippen molar-refractivity contribution in [2.45, 2.75) is 13.1 Å². The van der Waals surface area contributed by atoms with Crippen molar-refractivity contribution < 1.29 is 27.5 Å². The standard InChI is InChI=1S/C14H12N4O.C2HF3O2/c1-9-4-2-3-5-10(9)13-17-11-12-15-6-7-18(12)8-16-14(11)19-13;3-2(4,5)1(6)7/h2-5,8H,6-7H2,1H3;(H,6,7). The zero-order valence-corrected chi connectivity index (χ0v) is 13.5. The van der Waals surface area contributed by atoms with Gasteiger partial charge in [0.15, 0.2) is 11.5 Å². The van der Waals surface area contributed by atoms with E-state index >= 15 is 0 Å². The number of carboxylic acid groups (broad SMARTS) is 1. The van der Waals surface area contributed by atoms with Crippen LogP contribution < -0.4 is 0 Å². The molecule has 10 heteroatoms. The zero-order valence-electron chi connectivity index (χ0n) is 13.5. The van der Waals surface area contributed by atoms with Gasteiger partial charge in [0.2, 0.25) is 5.89 Å². The van der Waals surface area contributed by atoms with Crippen molar-refractivity contribution in [1.82, 2.24) is 9.88 Å². The summed E-state index contributed by atoms with van der Waals surface area (Å²) in [6, 6.07) is 8.03. The van der Waals surface area contributed by atoms with Gasteiger partial charge < -0.3 is 14.4 Å². The van der Waals surface area contributed by atoms with Gasteiger partial charge in [0.05, 0.1) is 6.54 Å². The number of oxazole rings is 1. The number of aliphatic carboxylic acids is 1. The van der Waals surface area contributed by atoms with Crippen molar-refractivity contribution in [1.29, 1.82) is 0 Å². The Labute approximate surface area is 145 Å². The van der Waals surface area contributed by atoms with Gasteiger partial charge in [-0.2, -0.15) is 13.2 Å². The summed E-state index contributed by atoms with van der Waals surface area (Å²) in [6.45, 7) is 3.69. The third-order valence-corrected chi connectivity index (χ3v) is 3.63. The Kier molecular flexibility index (Phi) is 4.49. The van der Waals surface area contributed by atoms with Gasteiger partial charge in [-0.05, 0) is 18.6 Å². The number of aromatic nitrogens is 1. The van der Waals surface area contributed by atoms with E-state index in [9.17, 15) is 13.2 Å². The Bertz CT molecular complexity index is 902. The second kappa shape index (κ2) is 6.62. The van der Waals surface area contributed by atoms with Crippen LogP contribution in [0.3, 0.4) is 0 Å². The molecule has 1 aromatic carbocycles. The summed E-state index contributed by atoms with van der Waals surface area (Å²) in [5.74, 6) is -0.729. The summed E-state index contributed by atoms with van der Waals surface area (Å²) in [7, 11) is 0. The predicted octanol–water partition coefficient (Wildman–Crippen LogP) is 3.02. The average molecular weight is 366 g/mol. The first-order chi connectivity index (χ1) is 12.3. The molecule has 0 spiro atoms. The number of hydrogen-bond donors (Lipinski definition) is 1. The lowest BCUT2D eigenvalue weighted by molar-refractivity contribution is -0.192. The van der Waals surface area contributed by atoms with Gasteiger partial charge in [-0.15, -0.1) is 0 Å². The molecule has 4 rings (SSSR count). The van der Waals surface area contributed by atoms with Crippen LogP contribution in [0.1, 0.15) is 11.3 Å². The molecular formula is C16H13F3N4O3. The lowest BCUT2D eigenvalue weighted by Gasteiger charge is -2.15. The minimum Gasteiger partial charge on any atom is -0.475 e. The maximum absolute atomic E-state index is 10.6. The molecule has 2 aliphatic heterocycles. The molecule has 3 heterocycles. The smallest absolute Gasteiger partial charge is 0.475 e. The first kappa shape index (κ1) is 17.6. The van der Waals surface area contributed by atoms with Crippen molar-refractivity contribution in [2.24, 2.45) is 9.98 Å². The molecule has 0 atom stereocenters. The van der Waals surface area contributed by atoms with Crippen LogP contribution in [0.4, 0.5) is 19.1 Å².